The molecule has 1 aliphatic rings. The van der Waals surface area contributed by atoms with Crippen LogP contribution in [0, 0.1) is 0 Å². The first-order valence-corrected chi connectivity index (χ1v) is 10.9. The van der Waals surface area contributed by atoms with E-state index in [1.165, 1.54) is 11.9 Å². The van der Waals surface area contributed by atoms with Gasteiger partial charge in [-0.05, 0) is 49.6 Å². The molecule has 0 saturated carbocycles. The number of hydrogen-bond acceptors (Lipinski definition) is 5. The highest BCUT2D eigenvalue weighted by molar-refractivity contribution is 5.88. The lowest BCUT2D eigenvalue weighted by atomic mass is 9.94. The van der Waals surface area contributed by atoms with Crippen molar-refractivity contribution in [3.63, 3.8) is 0 Å². The molecule has 3 rings (SSSR count). The number of methoxy groups -OCH3 is 2. The summed E-state index contributed by atoms with van der Waals surface area (Å²) in [4.78, 5) is 12.2. The predicted octanol–water partition coefficient (Wildman–Crippen LogP) is 5.72. The van der Waals surface area contributed by atoms with Crippen molar-refractivity contribution in [2.45, 2.75) is 52.7 Å². The summed E-state index contributed by atoms with van der Waals surface area (Å²) < 4.78 is 17.1. The van der Waals surface area contributed by atoms with Crippen molar-refractivity contribution in [3.05, 3.63) is 53.1 Å². The normalized spacial score (nSPS) is 16.8. The highest BCUT2D eigenvalue weighted by Gasteiger charge is 2.33. The summed E-state index contributed by atoms with van der Waals surface area (Å²) in [6.45, 7) is 7.63. The van der Waals surface area contributed by atoms with E-state index in [-0.39, 0.29) is 18.1 Å². The van der Waals surface area contributed by atoms with E-state index in [1.54, 1.807) is 14.2 Å². The van der Waals surface area contributed by atoms with Gasteiger partial charge in [0, 0.05) is 30.7 Å². The number of hydrogen-bond donors (Lipinski definition) is 0. The zero-order valence-corrected chi connectivity index (χ0v) is 19.7. The molecule has 6 nitrogen and oxygen atoms in total. The Morgan fingerprint density at radius 3 is 2.47 bits per heavy atom. The molecular weight excluding hydrogens is 404 g/mol. The maximum Gasteiger partial charge on any atom is 0.240 e. The monoisotopic (exact) mass is 436 g/mol. The Morgan fingerprint density at radius 2 is 1.88 bits per heavy atom. The summed E-state index contributed by atoms with van der Waals surface area (Å²) in [6.07, 6.45) is 5.86. The molecule has 1 aliphatic heterocycles. The molecule has 32 heavy (non-hydrogen) atoms. The second-order valence-electron chi connectivity index (χ2n) is 7.99. The van der Waals surface area contributed by atoms with Crippen LogP contribution in [-0.4, -0.2) is 37.0 Å². The average molecular weight is 437 g/mol. The highest BCUT2D eigenvalue weighted by atomic mass is 16.5. The fourth-order valence-electron chi connectivity index (χ4n) is 3.74. The first-order valence-electron chi connectivity index (χ1n) is 10.9. The standard InChI is InChI=1S/C26H32N2O4/c1-7-18(3)32-22-12-9-20(10-13-22)8-11-21-15-23(30-5)16-25(31-6)26(21)24-14-17(2)27-28(24)19(4)29/h8-13,15-16,18,24H,7,14H2,1-6H3/b11-8+. The lowest BCUT2D eigenvalue weighted by molar-refractivity contribution is -0.130. The SMILES string of the molecule is CCC(C)Oc1ccc(/C=C/c2cc(OC)cc(OC)c2C2CC(C)=NN2C(C)=O)cc1. The van der Waals surface area contributed by atoms with Crippen molar-refractivity contribution in [1.82, 2.24) is 5.01 Å². The van der Waals surface area contributed by atoms with Crippen molar-refractivity contribution < 1.29 is 19.0 Å². The molecule has 0 radical (unpaired) electrons. The van der Waals surface area contributed by atoms with E-state index in [0.29, 0.717) is 17.9 Å². The van der Waals surface area contributed by atoms with Gasteiger partial charge in [0.25, 0.3) is 0 Å². The third kappa shape index (κ3) is 5.31. The summed E-state index contributed by atoms with van der Waals surface area (Å²) in [5, 5.41) is 5.98. The number of rotatable bonds is 8. The molecule has 2 aromatic rings. The first kappa shape index (κ1) is 23.4. The Kier molecular flexibility index (Phi) is 7.57. The topological polar surface area (TPSA) is 60.4 Å². The maximum atomic E-state index is 12.2. The summed E-state index contributed by atoms with van der Waals surface area (Å²) >= 11 is 0. The van der Waals surface area contributed by atoms with Gasteiger partial charge in [-0.1, -0.05) is 31.2 Å². The van der Waals surface area contributed by atoms with Crippen LogP contribution in [0.5, 0.6) is 17.2 Å². The van der Waals surface area contributed by atoms with Gasteiger partial charge in [-0.3, -0.25) is 4.79 Å². The number of carbonyl (C=O) groups excluding carboxylic acids is 1. The molecule has 0 spiro atoms. The molecule has 6 heteroatoms. The van der Waals surface area contributed by atoms with Gasteiger partial charge >= 0.3 is 0 Å². The second kappa shape index (κ2) is 10.4. The first-order chi connectivity index (χ1) is 15.4. The fourth-order valence-corrected chi connectivity index (χ4v) is 3.74. The van der Waals surface area contributed by atoms with Crippen LogP contribution >= 0.6 is 0 Å². The molecule has 0 aliphatic carbocycles. The molecule has 2 aromatic carbocycles. The Labute approximate surface area is 190 Å². The minimum atomic E-state index is -0.223. The number of amides is 1. The van der Waals surface area contributed by atoms with Crippen LogP contribution in [0.2, 0.25) is 0 Å². The van der Waals surface area contributed by atoms with Gasteiger partial charge in [-0.15, -0.1) is 0 Å². The van der Waals surface area contributed by atoms with Gasteiger partial charge in [0.1, 0.15) is 17.2 Å². The quantitative estimate of drug-likeness (QED) is 0.497. The third-order valence-corrected chi connectivity index (χ3v) is 5.57. The molecule has 170 valence electrons. The van der Waals surface area contributed by atoms with Crippen LogP contribution < -0.4 is 14.2 Å². The predicted molar refractivity (Wildman–Crippen MR) is 128 cm³/mol. The molecule has 1 heterocycles. The van der Waals surface area contributed by atoms with E-state index >= 15 is 0 Å². The number of nitrogens with zero attached hydrogens (tertiary/aromatic N) is 2. The molecule has 1 amide bonds. The van der Waals surface area contributed by atoms with Gasteiger partial charge in [-0.25, -0.2) is 5.01 Å². The average Bonchev–Trinajstić information content (AvgIpc) is 3.19. The minimum Gasteiger partial charge on any atom is -0.497 e. The summed E-state index contributed by atoms with van der Waals surface area (Å²) in [6, 6.07) is 11.6. The summed E-state index contributed by atoms with van der Waals surface area (Å²) in [5.41, 5.74) is 3.78. The zero-order chi connectivity index (χ0) is 23.3. The Morgan fingerprint density at radius 1 is 1.16 bits per heavy atom. The Hall–Kier alpha value is -3.28. The zero-order valence-electron chi connectivity index (χ0n) is 19.7. The van der Waals surface area contributed by atoms with Crippen molar-refractivity contribution >= 4 is 23.8 Å². The summed E-state index contributed by atoms with van der Waals surface area (Å²) in [7, 11) is 3.26. The van der Waals surface area contributed by atoms with Crippen LogP contribution in [0.25, 0.3) is 12.2 Å². The number of hydrazone groups is 1. The van der Waals surface area contributed by atoms with Crippen LogP contribution in [0.15, 0.2) is 41.5 Å². The number of ether oxygens (including phenoxy) is 3. The van der Waals surface area contributed by atoms with Gasteiger partial charge < -0.3 is 14.2 Å². The molecular formula is C26H32N2O4. The summed E-state index contributed by atoms with van der Waals surface area (Å²) in [5.74, 6) is 2.11. The Balaban J connectivity index is 1.97. The van der Waals surface area contributed by atoms with Crippen molar-refractivity contribution in [2.24, 2.45) is 5.10 Å². The van der Waals surface area contributed by atoms with E-state index < -0.39 is 0 Å². The molecule has 0 bridgehead atoms. The minimum absolute atomic E-state index is 0.100. The van der Waals surface area contributed by atoms with Gasteiger partial charge in [0.15, 0.2) is 0 Å². The molecule has 2 atom stereocenters. The Bertz CT molecular complexity index is 1010. The third-order valence-electron chi connectivity index (χ3n) is 5.57. The van der Waals surface area contributed by atoms with E-state index in [0.717, 1.165) is 34.6 Å². The van der Waals surface area contributed by atoms with Crippen LogP contribution in [0.4, 0.5) is 0 Å². The highest BCUT2D eigenvalue weighted by Crippen LogP contribution is 2.41. The number of benzene rings is 2. The molecule has 0 saturated heterocycles. The molecule has 2 unspecified atom stereocenters. The van der Waals surface area contributed by atoms with Crippen molar-refractivity contribution in [3.8, 4) is 17.2 Å². The number of carbonyl (C=O) groups is 1. The van der Waals surface area contributed by atoms with E-state index in [1.807, 2.05) is 55.5 Å². The van der Waals surface area contributed by atoms with Crippen molar-refractivity contribution in [2.75, 3.05) is 14.2 Å². The smallest absolute Gasteiger partial charge is 0.240 e. The lowest BCUT2D eigenvalue weighted by Gasteiger charge is -2.25. The van der Waals surface area contributed by atoms with Crippen molar-refractivity contribution in [1.29, 1.82) is 0 Å². The largest absolute Gasteiger partial charge is 0.497 e. The fraction of sp³-hybridized carbons (Fsp3) is 0.385. The van der Waals surface area contributed by atoms with E-state index in [2.05, 4.69) is 18.9 Å². The van der Waals surface area contributed by atoms with E-state index in [9.17, 15) is 4.79 Å². The van der Waals surface area contributed by atoms with Gasteiger partial charge in [0.2, 0.25) is 5.91 Å². The molecule has 0 fully saturated rings. The molecule has 0 aromatic heterocycles. The van der Waals surface area contributed by atoms with Gasteiger partial charge in [-0.2, -0.15) is 5.10 Å². The lowest BCUT2D eigenvalue weighted by Crippen LogP contribution is -2.25. The van der Waals surface area contributed by atoms with Gasteiger partial charge in [0.05, 0.1) is 26.4 Å². The molecule has 0 N–H and O–H groups in total. The van der Waals surface area contributed by atoms with Crippen LogP contribution in [0.3, 0.4) is 0 Å². The second-order valence-corrected chi connectivity index (χ2v) is 7.99. The maximum absolute atomic E-state index is 12.2. The van der Waals surface area contributed by atoms with Crippen LogP contribution in [0.1, 0.15) is 63.3 Å². The van der Waals surface area contributed by atoms with Crippen LogP contribution in [-0.2, 0) is 4.79 Å². The van der Waals surface area contributed by atoms with E-state index in [4.69, 9.17) is 14.2 Å².